The first-order valence-electron chi connectivity index (χ1n) is 9.10. The minimum absolute atomic E-state index is 0.200. The van der Waals surface area contributed by atoms with E-state index in [9.17, 15) is 9.59 Å². The lowest BCUT2D eigenvalue weighted by Crippen LogP contribution is -2.39. The van der Waals surface area contributed by atoms with Crippen LogP contribution in [0, 0.1) is 0 Å². The highest BCUT2D eigenvalue weighted by molar-refractivity contribution is 6.05. The lowest BCUT2D eigenvalue weighted by molar-refractivity contribution is -0.119. The summed E-state index contributed by atoms with van der Waals surface area (Å²) in [6, 6.07) is 9.06. The quantitative estimate of drug-likeness (QED) is 0.902. The van der Waals surface area contributed by atoms with Gasteiger partial charge in [0.25, 0.3) is 5.91 Å². The Bertz CT molecular complexity index is 905. The summed E-state index contributed by atoms with van der Waals surface area (Å²) >= 11 is 0. The molecule has 0 unspecified atom stereocenters. The number of nitrogens with one attached hydrogen (secondary N) is 1. The average Bonchev–Trinajstić information content (AvgIpc) is 2.70. The third-order valence-electron chi connectivity index (χ3n) is 5.18. The number of carbonyl (C=O) groups excluding carboxylic acids is 2. The van der Waals surface area contributed by atoms with Crippen LogP contribution in [0.25, 0.3) is 0 Å². The van der Waals surface area contributed by atoms with Gasteiger partial charge in [0.15, 0.2) is 11.5 Å². The molecule has 0 fully saturated rings. The van der Waals surface area contributed by atoms with Crippen LogP contribution in [-0.2, 0) is 17.6 Å². The second-order valence-corrected chi connectivity index (χ2v) is 6.82. The number of nitrogens with zero attached hydrogens (tertiary/aromatic N) is 1. The van der Waals surface area contributed by atoms with Crippen molar-refractivity contribution in [2.75, 3.05) is 31.0 Å². The Balaban J connectivity index is 1.62. The molecule has 2 amide bonds. The number of hydrogen-bond acceptors (Lipinski definition) is 4. The SMILES string of the molecule is COc1ccc(C(=O)Nc2cc3c4c(c2)CCC(=O)N4CCC3)cc1OC. The van der Waals surface area contributed by atoms with E-state index in [4.69, 9.17) is 9.47 Å². The van der Waals surface area contributed by atoms with E-state index in [1.165, 1.54) is 0 Å². The summed E-state index contributed by atoms with van der Waals surface area (Å²) in [4.78, 5) is 26.8. The van der Waals surface area contributed by atoms with Crippen molar-refractivity contribution in [3.05, 3.63) is 47.0 Å². The van der Waals surface area contributed by atoms with Crippen LogP contribution in [0.4, 0.5) is 11.4 Å². The predicted octanol–water partition coefficient (Wildman–Crippen LogP) is 3.18. The van der Waals surface area contributed by atoms with Crippen molar-refractivity contribution >= 4 is 23.2 Å². The zero-order valence-corrected chi connectivity index (χ0v) is 15.5. The summed E-state index contributed by atoms with van der Waals surface area (Å²) in [6.45, 7) is 0.788. The molecule has 2 aromatic rings. The molecule has 0 saturated heterocycles. The van der Waals surface area contributed by atoms with E-state index in [-0.39, 0.29) is 11.8 Å². The van der Waals surface area contributed by atoms with Gasteiger partial charge < -0.3 is 19.7 Å². The summed E-state index contributed by atoms with van der Waals surface area (Å²) in [5.74, 6) is 1.09. The predicted molar refractivity (Wildman–Crippen MR) is 103 cm³/mol. The van der Waals surface area contributed by atoms with Gasteiger partial charge in [-0.3, -0.25) is 9.59 Å². The summed E-state index contributed by atoms with van der Waals surface area (Å²) in [7, 11) is 3.10. The highest BCUT2D eigenvalue weighted by Crippen LogP contribution is 2.38. The molecule has 140 valence electrons. The number of anilines is 2. The normalized spacial score (nSPS) is 15.2. The monoisotopic (exact) mass is 366 g/mol. The molecule has 6 heteroatoms. The Morgan fingerprint density at radius 2 is 1.74 bits per heavy atom. The third kappa shape index (κ3) is 3.12. The van der Waals surface area contributed by atoms with Gasteiger partial charge in [-0.25, -0.2) is 0 Å². The van der Waals surface area contributed by atoms with Crippen molar-refractivity contribution in [1.82, 2.24) is 0 Å². The van der Waals surface area contributed by atoms with E-state index in [1.54, 1.807) is 32.4 Å². The maximum absolute atomic E-state index is 12.7. The van der Waals surface area contributed by atoms with E-state index in [0.29, 0.717) is 23.5 Å². The zero-order chi connectivity index (χ0) is 19.0. The maximum atomic E-state index is 12.7. The lowest BCUT2D eigenvalue weighted by atomic mass is 9.91. The second-order valence-electron chi connectivity index (χ2n) is 6.82. The Labute approximate surface area is 158 Å². The second kappa shape index (κ2) is 6.95. The molecule has 0 aliphatic carbocycles. The van der Waals surface area contributed by atoms with Crippen LogP contribution in [0.2, 0.25) is 0 Å². The van der Waals surface area contributed by atoms with E-state index in [1.807, 2.05) is 17.0 Å². The van der Waals surface area contributed by atoms with Crippen LogP contribution in [0.5, 0.6) is 11.5 Å². The molecule has 0 spiro atoms. The summed E-state index contributed by atoms with van der Waals surface area (Å²) in [6.07, 6.45) is 3.12. The third-order valence-corrected chi connectivity index (χ3v) is 5.18. The van der Waals surface area contributed by atoms with Crippen LogP contribution >= 0.6 is 0 Å². The highest BCUT2D eigenvalue weighted by Gasteiger charge is 2.29. The fourth-order valence-corrected chi connectivity index (χ4v) is 3.91. The van der Waals surface area contributed by atoms with Crippen molar-refractivity contribution in [3.8, 4) is 11.5 Å². The number of methoxy groups -OCH3 is 2. The average molecular weight is 366 g/mol. The Kier molecular flexibility index (Phi) is 4.48. The van der Waals surface area contributed by atoms with Gasteiger partial charge in [-0.15, -0.1) is 0 Å². The summed E-state index contributed by atoms with van der Waals surface area (Å²) < 4.78 is 10.5. The molecular weight excluding hydrogens is 344 g/mol. The fraction of sp³-hybridized carbons (Fsp3) is 0.333. The highest BCUT2D eigenvalue weighted by atomic mass is 16.5. The molecule has 0 atom stereocenters. The van der Waals surface area contributed by atoms with Crippen LogP contribution in [0.3, 0.4) is 0 Å². The van der Waals surface area contributed by atoms with Gasteiger partial charge in [-0.05, 0) is 60.7 Å². The molecule has 27 heavy (non-hydrogen) atoms. The lowest BCUT2D eigenvalue weighted by Gasteiger charge is -2.35. The number of aryl methyl sites for hydroxylation is 2. The molecule has 0 radical (unpaired) electrons. The molecule has 2 aliphatic heterocycles. The first-order chi connectivity index (χ1) is 13.1. The molecule has 2 aliphatic rings. The largest absolute Gasteiger partial charge is 0.493 e. The zero-order valence-electron chi connectivity index (χ0n) is 15.5. The minimum atomic E-state index is -0.206. The Morgan fingerprint density at radius 3 is 2.48 bits per heavy atom. The molecule has 1 N–H and O–H groups in total. The van der Waals surface area contributed by atoms with E-state index >= 15 is 0 Å². The molecule has 2 aromatic carbocycles. The number of benzene rings is 2. The van der Waals surface area contributed by atoms with Crippen LogP contribution < -0.4 is 19.7 Å². The van der Waals surface area contributed by atoms with Gasteiger partial charge >= 0.3 is 0 Å². The van der Waals surface area contributed by atoms with Crippen molar-refractivity contribution in [1.29, 1.82) is 0 Å². The summed E-state index contributed by atoms with van der Waals surface area (Å²) in [5.41, 5.74) is 4.58. The number of carbonyl (C=O) groups is 2. The Hall–Kier alpha value is -3.02. The standard InChI is InChI=1S/C21H22N2O4/c1-26-17-7-5-15(12-18(17)27-2)21(25)22-16-10-13-4-3-9-23-19(24)8-6-14(11-16)20(13)23/h5,7,10-12H,3-4,6,8-9H2,1-2H3,(H,22,25). The molecule has 0 saturated carbocycles. The van der Waals surface area contributed by atoms with Crippen molar-refractivity contribution in [3.63, 3.8) is 0 Å². The van der Waals surface area contributed by atoms with E-state index in [2.05, 4.69) is 5.32 Å². The van der Waals surface area contributed by atoms with Gasteiger partial charge in [0.1, 0.15) is 0 Å². The molecule has 6 nitrogen and oxygen atoms in total. The topological polar surface area (TPSA) is 67.9 Å². The van der Waals surface area contributed by atoms with Gasteiger partial charge in [0.2, 0.25) is 5.91 Å². The molecule has 4 rings (SSSR count). The first-order valence-corrected chi connectivity index (χ1v) is 9.10. The smallest absolute Gasteiger partial charge is 0.255 e. The van der Waals surface area contributed by atoms with Gasteiger partial charge in [0.05, 0.1) is 19.9 Å². The van der Waals surface area contributed by atoms with Crippen LogP contribution in [0.1, 0.15) is 34.3 Å². The summed E-state index contributed by atoms with van der Waals surface area (Å²) in [5, 5.41) is 2.98. The van der Waals surface area contributed by atoms with Crippen molar-refractivity contribution in [2.45, 2.75) is 25.7 Å². The van der Waals surface area contributed by atoms with E-state index in [0.717, 1.165) is 48.3 Å². The maximum Gasteiger partial charge on any atom is 0.255 e. The van der Waals surface area contributed by atoms with Gasteiger partial charge in [-0.1, -0.05) is 0 Å². The van der Waals surface area contributed by atoms with Crippen molar-refractivity contribution in [2.24, 2.45) is 0 Å². The molecule has 2 heterocycles. The molecular formula is C21H22N2O4. The van der Waals surface area contributed by atoms with Gasteiger partial charge in [-0.2, -0.15) is 0 Å². The van der Waals surface area contributed by atoms with Gasteiger partial charge in [0, 0.05) is 24.2 Å². The number of ether oxygens (including phenoxy) is 2. The minimum Gasteiger partial charge on any atom is -0.493 e. The number of amides is 2. The van der Waals surface area contributed by atoms with E-state index < -0.39 is 0 Å². The first kappa shape index (κ1) is 17.4. The van der Waals surface area contributed by atoms with Crippen LogP contribution in [-0.4, -0.2) is 32.6 Å². The molecule has 0 aromatic heterocycles. The Morgan fingerprint density at radius 1 is 1.00 bits per heavy atom. The fourth-order valence-electron chi connectivity index (χ4n) is 3.91. The number of hydrogen-bond donors (Lipinski definition) is 1. The van der Waals surface area contributed by atoms with Crippen LogP contribution in [0.15, 0.2) is 30.3 Å². The number of rotatable bonds is 4. The molecule has 0 bridgehead atoms. The van der Waals surface area contributed by atoms with Crippen molar-refractivity contribution < 1.29 is 19.1 Å².